The molecule has 2 heterocycles. The highest BCUT2D eigenvalue weighted by Crippen LogP contribution is 2.35. The quantitative estimate of drug-likeness (QED) is 0.663. The molecule has 0 fully saturated rings. The summed E-state index contributed by atoms with van der Waals surface area (Å²) >= 11 is 0. The Morgan fingerprint density at radius 2 is 2.20 bits per heavy atom. The molecule has 0 aliphatic carbocycles. The molecule has 1 aliphatic heterocycles. The van der Waals surface area contributed by atoms with E-state index in [2.05, 4.69) is 24.5 Å². The average Bonchev–Trinajstić information content (AvgIpc) is 2.97. The molecular weight excluding hydrogens is 252 g/mol. The molecule has 1 unspecified atom stereocenters. The van der Waals surface area contributed by atoms with Gasteiger partial charge >= 0.3 is 0 Å². The zero-order chi connectivity index (χ0) is 13.9. The standard InChI is InChI=1S/C16H20N2O2/c1-2-12-8-9-14(20-12)15(18-17)13-7-3-5-11-6-4-10-19-16(11)13/h3,5,7-9,15,18H,2,4,6,10,17H2,1H3. The van der Waals surface area contributed by atoms with Crippen molar-refractivity contribution in [3.8, 4) is 5.75 Å². The van der Waals surface area contributed by atoms with Crippen LogP contribution in [0, 0.1) is 0 Å². The number of furan rings is 1. The van der Waals surface area contributed by atoms with Gasteiger partial charge in [-0.15, -0.1) is 0 Å². The number of hydrogen-bond acceptors (Lipinski definition) is 4. The van der Waals surface area contributed by atoms with Crippen LogP contribution in [0.1, 0.15) is 42.0 Å². The minimum Gasteiger partial charge on any atom is -0.493 e. The molecule has 0 amide bonds. The summed E-state index contributed by atoms with van der Waals surface area (Å²) in [6.45, 7) is 2.83. The lowest BCUT2D eigenvalue weighted by Gasteiger charge is -2.24. The Balaban J connectivity index is 2.01. The molecule has 0 saturated heterocycles. The summed E-state index contributed by atoms with van der Waals surface area (Å²) in [6, 6.07) is 10.0. The van der Waals surface area contributed by atoms with Crippen molar-refractivity contribution in [2.24, 2.45) is 5.84 Å². The number of para-hydroxylation sites is 1. The number of rotatable bonds is 4. The van der Waals surface area contributed by atoms with Crippen LogP contribution in [-0.4, -0.2) is 6.61 Å². The predicted octanol–water partition coefficient (Wildman–Crippen LogP) is 2.72. The van der Waals surface area contributed by atoms with Crippen molar-refractivity contribution in [3.05, 3.63) is 53.0 Å². The topological polar surface area (TPSA) is 60.4 Å². The molecule has 1 aromatic carbocycles. The van der Waals surface area contributed by atoms with Crippen LogP contribution in [0.2, 0.25) is 0 Å². The van der Waals surface area contributed by atoms with Gasteiger partial charge in [-0.25, -0.2) is 5.43 Å². The summed E-state index contributed by atoms with van der Waals surface area (Å²) in [5, 5.41) is 0. The largest absolute Gasteiger partial charge is 0.493 e. The third kappa shape index (κ3) is 2.32. The van der Waals surface area contributed by atoms with E-state index in [1.807, 2.05) is 18.2 Å². The summed E-state index contributed by atoms with van der Waals surface area (Å²) in [5.74, 6) is 8.50. The lowest BCUT2D eigenvalue weighted by molar-refractivity contribution is 0.281. The lowest BCUT2D eigenvalue weighted by Crippen LogP contribution is -2.29. The van der Waals surface area contributed by atoms with Crippen LogP contribution in [0.15, 0.2) is 34.7 Å². The fourth-order valence-corrected chi connectivity index (χ4v) is 2.71. The molecule has 0 radical (unpaired) electrons. The van der Waals surface area contributed by atoms with E-state index in [0.717, 1.165) is 48.7 Å². The van der Waals surface area contributed by atoms with Crippen LogP contribution in [0.25, 0.3) is 0 Å². The molecule has 4 nitrogen and oxygen atoms in total. The van der Waals surface area contributed by atoms with Crippen molar-refractivity contribution in [2.45, 2.75) is 32.2 Å². The summed E-state index contributed by atoms with van der Waals surface area (Å²) < 4.78 is 11.7. The highest BCUT2D eigenvalue weighted by atomic mass is 16.5. The second-order valence-electron chi connectivity index (χ2n) is 5.04. The number of aryl methyl sites for hydroxylation is 2. The Morgan fingerprint density at radius 3 is 2.95 bits per heavy atom. The van der Waals surface area contributed by atoms with Gasteiger partial charge in [-0.05, 0) is 30.5 Å². The van der Waals surface area contributed by atoms with Gasteiger partial charge < -0.3 is 9.15 Å². The minimum atomic E-state index is -0.177. The summed E-state index contributed by atoms with van der Waals surface area (Å²) in [6.07, 6.45) is 3.00. The van der Waals surface area contributed by atoms with E-state index >= 15 is 0 Å². The number of nitrogens with one attached hydrogen (secondary N) is 1. The van der Waals surface area contributed by atoms with Crippen molar-refractivity contribution in [1.82, 2.24) is 5.43 Å². The van der Waals surface area contributed by atoms with Crippen LogP contribution >= 0.6 is 0 Å². The fraction of sp³-hybridized carbons (Fsp3) is 0.375. The SMILES string of the molecule is CCc1ccc(C(NN)c2cccc3c2OCCC3)o1. The van der Waals surface area contributed by atoms with Crippen LogP contribution in [0.4, 0.5) is 0 Å². The Hall–Kier alpha value is -1.78. The number of nitrogens with two attached hydrogens (primary N) is 1. The van der Waals surface area contributed by atoms with Gasteiger partial charge in [-0.2, -0.15) is 0 Å². The summed E-state index contributed by atoms with van der Waals surface area (Å²) in [7, 11) is 0. The van der Waals surface area contributed by atoms with Gasteiger partial charge in [0.2, 0.25) is 0 Å². The predicted molar refractivity (Wildman–Crippen MR) is 77.5 cm³/mol. The molecule has 2 aromatic rings. The normalized spacial score (nSPS) is 15.5. The molecule has 3 N–H and O–H groups in total. The van der Waals surface area contributed by atoms with Crippen LogP contribution in [0.5, 0.6) is 5.75 Å². The zero-order valence-corrected chi connectivity index (χ0v) is 11.7. The van der Waals surface area contributed by atoms with E-state index in [1.54, 1.807) is 0 Å². The van der Waals surface area contributed by atoms with E-state index in [9.17, 15) is 0 Å². The van der Waals surface area contributed by atoms with Gasteiger partial charge in [0.25, 0.3) is 0 Å². The number of hydrogen-bond donors (Lipinski definition) is 2. The molecule has 1 atom stereocenters. The molecule has 0 bridgehead atoms. The molecule has 4 heteroatoms. The van der Waals surface area contributed by atoms with Gasteiger partial charge in [-0.3, -0.25) is 5.84 Å². The van der Waals surface area contributed by atoms with Crippen molar-refractivity contribution in [1.29, 1.82) is 0 Å². The van der Waals surface area contributed by atoms with Gasteiger partial charge in [0.1, 0.15) is 23.3 Å². The maximum atomic E-state index is 5.85. The van der Waals surface area contributed by atoms with Crippen LogP contribution in [-0.2, 0) is 12.8 Å². The molecule has 1 aliphatic rings. The first kappa shape index (κ1) is 13.2. The number of fused-ring (bicyclic) bond motifs is 1. The lowest BCUT2D eigenvalue weighted by atomic mass is 9.97. The zero-order valence-electron chi connectivity index (χ0n) is 11.7. The van der Waals surface area contributed by atoms with E-state index in [-0.39, 0.29) is 6.04 Å². The second-order valence-corrected chi connectivity index (χ2v) is 5.04. The minimum absolute atomic E-state index is 0.177. The molecule has 1 aromatic heterocycles. The summed E-state index contributed by atoms with van der Waals surface area (Å²) in [4.78, 5) is 0. The van der Waals surface area contributed by atoms with Gasteiger partial charge in [0, 0.05) is 12.0 Å². The van der Waals surface area contributed by atoms with Crippen molar-refractivity contribution in [2.75, 3.05) is 6.61 Å². The first-order chi connectivity index (χ1) is 9.83. The molecule has 3 rings (SSSR count). The maximum absolute atomic E-state index is 5.85. The number of hydrazine groups is 1. The van der Waals surface area contributed by atoms with Crippen molar-refractivity contribution >= 4 is 0 Å². The third-order valence-electron chi connectivity index (χ3n) is 3.76. The van der Waals surface area contributed by atoms with Gasteiger partial charge in [0.05, 0.1) is 6.61 Å². The molecule has 0 spiro atoms. The first-order valence-corrected chi connectivity index (χ1v) is 7.12. The van der Waals surface area contributed by atoms with E-state index < -0.39 is 0 Å². The van der Waals surface area contributed by atoms with Crippen molar-refractivity contribution in [3.63, 3.8) is 0 Å². The molecular formula is C16H20N2O2. The number of ether oxygens (including phenoxy) is 1. The molecule has 106 valence electrons. The first-order valence-electron chi connectivity index (χ1n) is 7.12. The Bertz CT molecular complexity index is 592. The highest BCUT2D eigenvalue weighted by Gasteiger charge is 2.23. The van der Waals surface area contributed by atoms with Crippen LogP contribution in [0.3, 0.4) is 0 Å². The summed E-state index contributed by atoms with van der Waals surface area (Å²) in [5.41, 5.74) is 5.14. The third-order valence-corrected chi connectivity index (χ3v) is 3.76. The number of benzene rings is 1. The van der Waals surface area contributed by atoms with Crippen LogP contribution < -0.4 is 16.0 Å². The van der Waals surface area contributed by atoms with E-state index in [1.165, 1.54) is 5.56 Å². The smallest absolute Gasteiger partial charge is 0.127 e. The second kappa shape index (κ2) is 5.69. The van der Waals surface area contributed by atoms with Crippen molar-refractivity contribution < 1.29 is 9.15 Å². The Morgan fingerprint density at radius 1 is 1.30 bits per heavy atom. The van der Waals surface area contributed by atoms with Gasteiger partial charge in [0.15, 0.2) is 0 Å². The van der Waals surface area contributed by atoms with E-state index in [0.29, 0.717) is 0 Å². The molecule has 20 heavy (non-hydrogen) atoms. The fourth-order valence-electron chi connectivity index (χ4n) is 2.71. The average molecular weight is 272 g/mol. The monoisotopic (exact) mass is 272 g/mol. The highest BCUT2D eigenvalue weighted by molar-refractivity contribution is 5.46. The Labute approximate surface area is 118 Å². The Kier molecular flexibility index (Phi) is 3.76. The van der Waals surface area contributed by atoms with E-state index in [4.69, 9.17) is 15.0 Å². The van der Waals surface area contributed by atoms with Gasteiger partial charge in [-0.1, -0.05) is 25.1 Å². The molecule has 0 saturated carbocycles. The maximum Gasteiger partial charge on any atom is 0.127 e.